The van der Waals surface area contributed by atoms with Crippen LogP contribution in [-0.2, 0) is 0 Å². The van der Waals surface area contributed by atoms with Gasteiger partial charge >= 0.3 is 0 Å². The van der Waals surface area contributed by atoms with Gasteiger partial charge in [-0.05, 0) is 12.1 Å². The van der Waals surface area contributed by atoms with E-state index in [4.69, 9.17) is 0 Å². The number of H-pyrrole nitrogens is 1. The number of benzene rings is 1. The standard InChI is InChI=1S/C9H6BrN3/c10-13-8-2-1-6-3-4-11-9(6)7(8)5-12-13/h1-5,12H. The van der Waals surface area contributed by atoms with Gasteiger partial charge in [-0.15, -0.1) is 0 Å². The van der Waals surface area contributed by atoms with Gasteiger partial charge in [0.25, 0.3) is 0 Å². The van der Waals surface area contributed by atoms with Crippen LogP contribution in [0.25, 0.3) is 21.8 Å². The summed E-state index contributed by atoms with van der Waals surface area (Å²) >= 11 is 3.37. The highest BCUT2D eigenvalue weighted by Crippen LogP contribution is 2.24. The number of fused-ring (bicyclic) bond motifs is 3. The van der Waals surface area contributed by atoms with Crippen LogP contribution in [0.3, 0.4) is 0 Å². The van der Waals surface area contributed by atoms with Crippen LogP contribution in [0.2, 0.25) is 0 Å². The number of aromatic nitrogens is 3. The second-order valence-electron chi connectivity index (χ2n) is 2.94. The molecule has 0 bridgehead atoms. The SMILES string of the molecule is Brn1[nH]cc2c3nccc3ccc21. The topological polar surface area (TPSA) is 33.6 Å². The van der Waals surface area contributed by atoms with Crippen molar-refractivity contribution in [3.05, 3.63) is 30.6 Å². The van der Waals surface area contributed by atoms with E-state index in [0.717, 1.165) is 16.4 Å². The van der Waals surface area contributed by atoms with Crippen LogP contribution in [0.15, 0.2) is 30.6 Å². The summed E-state index contributed by atoms with van der Waals surface area (Å²) in [7, 11) is 0. The molecule has 13 heavy (non-hydrogen) atoms. The van der Waals surface area contributed by atoms with Crippen LogP contribution in [0.1, 0.15) is 0 Å². The van der Waals surface area contributed by atoms with Crippen molar-refractivity contribution in [2.45, 2.75) is 0 Å². The molecule has 0 amide bonds. The zero-order valence-electron chi connectivity index (χ0n) is 6.66. The predicted octanol–water partition coefficient (Wildman–Crippen LogP) is 2.68. The average molecular weight is 236 g/mol. The largest absolute Gasteiger partial charge is 0.295 e. The minimum absolute atomic E-state index is 1.05. The molecule has 0 aliphatic rings. The van der Waals surface area contributed by atoms with Crippen molar-refractivity contribution < 1.29 is 0 Å². The minimum Gasteiger partial charge on any atom is -0.295 e. The number of rotatable bonds is 0. The summed E-state index contributed by atoms with van der Waals surface area (Å²) in [6.45, 7) is 0. The van der Waals surface area contributed by atoms with Gasteiger partial charge in [-0.1, -0.05) is 6.07 Å². The Bertz CT molecular complexity index is 579. The zero-order valence-corrected chi connectivity index (χ0v) is 8.25. The van der Waals surface area contributed by atoms with Crippen LogP contribution in [0, 0.1) is 0 Å². The highest BCUT2D eigenvalue weighted by Gasteiger charge is 2.04. The molecule has 1 N–H and O–H groups in total. The predicted molar refractivity (Wildman–Crippen MR) is 55.9 cm³/mol. The number of aromatic amines is 1. The Kier molecular flexibility index (Phi) is 1.29. The molecule has 2 aromatic heterocycles. The molecule has 0 aliphatic heterocycles. The first-order valence-electron chi connectivity index (χ1n) is 3.96. The van der Waals surface area contributed by atoms with Gasteiger partial charge < -0.3 is 0 Å². The number of halogens is 1. The Balaban J connectivity index is 2.66. The lowest BCUT2D eigenvalue weighted by atomic mass is 10.2. The Morgan fingerprint density at radius 1 is 1.31 bits per heavy atom. The van der Waals surface area contributed by atoms with Crippen LogP contribution in [0.4, 0.5) is 0 Å². The summed E-state index contributed by atoms with van der Waals surface area (Å²) in [5.41, 5.74) is 2.15. The molecule has 0 aliphatic carbocycles. The maximum absolute atomic E-state index is 4.31. The third-order valence-corrected chi connectivity index (χ3v) is 2.80. The average Bonchev–Trinajstić information content (AvgIpc) is 2.70. The van der Waals surface area contributed by atoms with Gasteiger partial charge in [0, 0.05) is 23.2 Å². The molecule has 3 rings (SSSR count). The van der Waals surface area contributed by atoms with Crippen LogP contribution < -0.4 is 0 Å². The van der Waals surface area contributed by atoms with Crippen molar-refractivity contribution in [1.29, 1.82) is 0 Å². The van der Waals surface area contributed by atoms with Gasteiger partial charge in [-0.2, -0.15) is 0 Å². The van der Waals surface area contributed by atoms with E-state index < -0.39 is 0 Å². The number of nitrogens with one attached hydrogen (secondary N) is 1. The Labute approximate surface area is 82.7 Å². The lowest BCUT2D eigenvalue weighted by molar-refractivity contribution is 1.06. The molecule has 0 radical (unpaired) electrons. The van der Waals surface area contributed by atoms with Crippen molar-refractivity contribution in [2.75, 3.05) is 0 Å². The van der Waals surface area contributed by atoms with E-state index in [1.807, 2.05) is 18.5 Å². The van der Waals surface area contributed by atoms with Gasteiger partial charge in [0.1, 0.15) is 0 Å². The highest BCUT2D eigenvalue weighted by atomic mass is 79.9. The van der Waals surface area contributed by atoms with Crippen molar-refractivity contribution >= 4 is 38.0 Å². The Hall–Kier alpha value is -1.29. The maximum Gasteiger partial charge on any atom is 0.0812 e. The van der Waals surface area contributed by atoms with Gasteiger partial charge in [0.15, 0.2) is 0 Å². The monoisotopic (exact) mass is 235 g/mol. The van der Waals surface area contributed by atoms with E-state index >= 15 is 0 Å². The molecule has 2 heterocycles. The summed E-state index contributed by atoms with van der Waals surface area (Å²) in [5, 5.41) is 5.37. The van der Waals surface area contributed by atoms with E-state index in [-0.39, 0.29) is 0 Å². The first-order valence-corrected chi connectivity index (χ1v) is 4.67. The van der Waals surface area contributed by atoms with E-state index in [1.165, 1.54) is 5.39 Å². The second-order valence-corrected chi connectivity index (χ2v) is 3.64. The molecule has 64 valence electrons. The smallest absolute Gasteiger partial charge is 0.0812 e. The number of nitrogens with zero attached hydrogens (tertiary/aromatic N) is 2. The van der Waals surface area contributed by atoms with E-state index in [2.05, 4.69) is 38.4 Å². The first kappa shape index (κ1) is 7.15. The summed E-state index contributed by atoms with van der Waals surface area (Å²) in [6, 6.07) is 6.14. The fraction of sp³-hybridized carbons (Fsp3) is 0. The van der Waals surface area contributed by atoms with Gasteiger partial charge in [0.05, 0.1) is 27.2 Å². The molecule has 0 spiro atoms. The molecule has 0 saturated carbocycles. The van der Waals surface area contributed by atoms with E-state index in [0.29, 0.717) is 0 Å². The van der Waals surface area contributed by atoms with Crippen molar-refractivity contribution in [2.24, 2.45) is 0 Å². The van der Waals surface area contributed by atoms with Crippen molar-refractivity contribution in [3.63, 3.8) is 0 Å². The molecule has 3 aromatic rings. The molecule has 4 heteroatoms. The molecule has 1 aromatic carbocycles. The third-order valence-electron chi connectivity index (χ3n) is 2.22. The summed E-state index contributed by atoms with van der Waals surface area (Å²) in [4.78, 5) is 4.31. The van der Waals surface area contributed by atoms with E-state index in [9.17, 15) is 0 Å². The second kappa shape index (κ2) is 2.35. The lowest BCUT2D eigenvalue weighted by Crippen LogP contribution is -1.78. The fourth-order valence-corrected chi connectivity index (χ4v) is 2.00. The molecule has 0 saturated heterocycles. The molecular weight excluding hydrogens is 230 g/mol. The lowest BCUT2D eigenvalue weighted by Gasteiger charge is -1.92. The quantitative estimate of drug-likeness (QED) is 0.639. The van der Waals surface area contributed by atoms with Crippen LogP contribution in [-0.4, -0.2) is 13.8 Å². The first-order chi connectivity index (χ1) is 6.36. The van der Waals surface area contributed by atoms with E-state index in [1.54, 1.807) is 3.71 Å². The minimum atomic E-state index is 1.05. The fourth-order valence-electron chi connectivity index (χ4n) is 1.59. The summed E-state index contributed by atoms with van der Waals surface area (Å²) in [6.07, 6.45) is 3.77. The van der Waals surface area contributed by atoms with Crippen molar-refractivity contribution in [1.82, 2.24) is 13.8 Å². The number of hydrogen-bond acceptors (Lipinski definition) is 1. The normalized spacial score (nSPS) is 11.5. The maximum atomic E-state index is 4.31. The molecular formula is C9H6BrN3. The van der Waals surface area contributed by atoms with Gasteiger partial charge in [-0.3, -0.25) is 10.1 Å². The molecule has 3 nitrogen and oxygen atoms in total. The van der Waals surface area contributed by atoms with Gasteiger partial charge in [0.2, 0.25) is 0 Å². The highest BCUT2D eigenvalue weighted by molar-refractivity contribution is 9.08. The zero-order chi connectivity index (χ0) is 8.84. The van der Waals surface area contributed by atoms with Crippen molar-refractivity contribution in [3.8, 4) is 0 Å². The number of hydrogen-bond donors (Lipinski definition) is 1. The Morgan fingerprint density at radius 3 is 3.15 bits per heavy atom. The summed E-state index contributed by atoms with van der Waals surface area (Å²) in [5.74, 6) is 0. The van der Waals surface area contributed by atoms with Crippen LogP contribution in [0.5, 0.6) is 0 Å². The third kappa shape index (κ3) is 0.862. The summed E-state index contributed by atoms with van der Waals surface area (Å²) < 4.78 is 1.80. The molecule has 0 unspecified atom stereocenters. The molecule has 0 atom stereocenters. The molecule has 0 fully saturated rings. The Morgan fingerprint density at radius 2 is 2.23 bits per heavy atom. The van der Waals surface area contributed by atoms with Crippen LogP contribution >= 0.6 is 16.1 Å². The van der Waals surface area contributed by atoms with Gasteiger partial charge in [-0.25, -0.2) is 3.71 Å².